The Morgan fingerprint density at radius 2 is 1.58 bits per heavy atom. The second kappa shape index (κ2) is 12.9. The highest BCUT2D eigenvalue weighted by Gasteiger charge is 2.33. The number of thiophene rings is 1. The maximum atomic E-state index is 13.3. The van der Waals surface area contributed by atoms with Crippen LogP contribution >= 0.6 is 11.3 Å². The van der Waals surface area contributed by atoms with Gasteiger partial charge in [0.2, 0.25) is 0 Å². The number of nitrogens with one attached hydrogen (secondary N) is 1. The number of aromatic nitrogens is 3. The smallest absolute Gasteiger partial charge is 0.285 e. The monoisotopic (exact) mass is 542 g/mol. The van der Waals surface area contributed by atoms with E-state index in [0.717, 1.165) is 47.9 Å². The molecule has 0 fully saturated rings. The molecule has 3 aromatic heterocycles. The van der Waals surface area contributed by atoms with Gasteiger partial charge in [-0.15, -0.1) is 11.3 Å². The molecule has 4 rings (SSSR count). The molecular formula is C30H37F3N4S. The molecule has 0 saturated carbocycles. The van der Waals surface area contributed by atoms with Crippen molar-refractivity contribution in [1.82, 2.24) is 15.2 Å². The van der Waals surface area contributed by atoms with Crippen LogP contribution in [-0.4, -0.2) is 27.4 Å². The van der Waals surface area contributed by atoms with Crippen molar-refractivity contribution in [3.05, 3.63) is 52.2 Å². The lowest BCUT2D eigenvalue weighted by atomic mass is 10.0. The minimum absolute atomic E-state index is 0.192. The van der Waals surface area contributed by atoms with Crippen molar-refractivity contribution in [2.24, 2.45) is 4.99 Å². The molecule has 0 radical (unpaired) electrons. The number of rotatable bonds is 13. The van der Waals surface area contributed by atoms with E-state index in [4.69, 9.17) is 4.98 Å². The minimum atomic E-state index is -4.49. The van der Waals surface area contributed by atoms with Gasteiger partial charge < -0.3 is 0 Å². The molecule has 0 bridgehead atoms. The molecule has 4 heterocycles. The van der Waals surface area contributed by atoms with Crippen LogP contribution in [0.1, 0.15) is 94.0 Å². The molecule has 4 nitrogen and oxygen atoms in total. The summed E-state index contributed by atoms with van der Waals surface area (Å²) in [7, 11) is 0. The van der Waals surface area contributed by atoms with Crippen molar-refractivity contribution in [2.75, 3.05) is 6.54 Å². The van der Waals surface area contributed by atoms with Gasteiger partial charge in [-0.05, 0) is 74.1 Å². The number of nitrogens with zero attached hydrogens (tertiary/aromatic N) is 3. The molecule has 0 aliphatic carbocycles. The third-order valence-corrected chi connectivity index (χ3v) is 8.17. The van der Waals surface area contributed by atoms with Crippen LogP contribution in [0.3, 0.4) is 0 Å². The Kier molecular flexibility index (Phi) is 9.58. The van der Waals surface area contributed by atoms with Gasteiger partial charge >= 0.3 is 6.18 Å². The van der Waals surface area contributed by atoms with E-state index in [0.29, 0.717) is 12.2 Å². The highest BCUT2D eigenvalue weighted by atomic mass is 32.1. The predicted molar refractivity (Wildman–Crippen MR) is 152 cm³/mol. The summed E-state index contributed by atoms with van der Waals surface area (Å²) in [5, 5.41) is 6.11. The first-order valence-electron chi connectivity index (χ1n) is 13.8. The van der Waals surface area contributed by atoms with Crippen molar-refractivity contribution in [2.45, 2.75) is 91.2 Å². The largest absolute Gasteiger partial charge is 0.432 e. The summed E-state index contributed by atoms with van der Waals surface area (Å²) in [5.41, 5.74) is 4.70. The van der Waals surface area contributed by atoms with Gasteiger partial charge in [-0.25, -0.2) is 4.98 Å². The molecule has 0 unspecified atom stereocenters. The van der Waals surface area contributed by atoms with Gasteiger partial charge in [-0.1, -0.05) is 52.4 Å². The average Bonchev–Trinajstić information content (AvgIpc) is 3.64. The lowest BCUT2D eigenvalue weighted by Gasteiger charge is -2.10. The molecule has 8 heteroatoms. The molecule has 0 saturated heterocycles. The van der Waals surface area contributed by atoms with E-state index in [2.05, 4.69) is 41.2 Å². The Morgan fingerprint density at radius 3 is 2.21 bits per heavy atom. The summed E-state index contributed by atoms with van der Waals surface area (Å²) >= 11 is 1.82. The van der Waals surface area contributed by atoms with Crippen LogP contribution in [0, 0.1) is 0 Å². The molecule has 38 heavy (non-hydrogen) atoms. The molecule has 0 spiro atoms. The van der Waals surface area contributed by atoms with Crippen molar-refractivity contribution in [3.63, 3.8) is 0 Å². The van der Waals surface area contributed by atoms with E-state index in [1.807, 2.05) is 30.4 Å². The van der Waals surface area contributed by atoms with Gasteiger partial charge in [0.25, 0.3) is 0 Å². The number of unbranched alkanes of at least 4 members (excludes halogenated alkanes) is 6. The molecule has 204 valence electrons. The Balaban J connectivity index is 1.74. The van der Waals surface area contributed by atoms with Gasteiger partial charge in [0, 0.05) is 21.0 Å². The first-order chi connectivity index (χ1) is 18.3. The normalized spacial score (nSPS) is 13.7. The molecule has 0 atom stereocenters. The number of aromatic amines is 1. The zero-order valence-corrected chi connectivity index (χ0v) is 23.4. The Morgan fingerprint density at radius 1 is 0.868 bits per heavy atom. The van der Waals surface area contributed by atoms with Gasteiger partial charge in [0.1, 0.15) is 11.4 Å². The van der Waals surface area contributed by atoms with E-state index in [1.165, 1.54) is 60.3 Å². The van der Waals surface area contributed by atoms with Crippen LogP contribution in [0.25, 0.3) is 27.4 Å². The quantitative estimate of drug-likeness (QED) is 0.219. The highest BCUT2D eigenvalue weighted by Crippen LogP contribution is 2.38. The fourth-order valence-electron chi connectivity index (χ4n) is 4.77. The van der Waals surface area contributed by atoms with Gasteiger partial charge in [0.05, 0.1) is 17.9 Å². The van der Waals surface area contributed by atoms with Crippen LogP contribution < -0.4 is 0 Å². The lowest BCUT2D eigenvalue weighted by Crippen LogP contribution is -2.04. The number of aliphatic imine (C=N–C) groups is 1. The van der Waals surface area contributed by atoms with Crippen molar-refractivity contribution in [1.29, 1.82) is 0 Å². The maximum Gasteiger partial charge on any atom is 0.432 e. The van der Waals surface area contributed by atoms with E-state index in [-0.39, 0.29) is 5.69 Å². The molecule has 3 aromatic rings. The number of H-pyrrole nitrogens is 1. The Labute approximate surface area is 227 Å². The first-order valence-corrected chi connectivity index (χ1v) is 14.6. The van der Waals surface area contributed by atoms with Crippen molar-refractivity contribution < 1.29 is 13.2 Å². The summed E-state index contributed by atoms with van der Waals surface area (Å²) < 4.78 is 39.9. The predicted octanol–water partition coefficient (Wildman–Crippen LogP) is 9.32. The zero-order chi connectivity index (χ0) is 27.1. The summed E-state index contributed by atoms with van der Waals surface area (Å²) in [6, 6.07) is 7.37. The maximum absolute atomic E-state index is 13.3. The van der Waals surface area contributed by atoms with E-state index in [9.17, 15) is 13.2 Å². The van der Waals surface area contributed by atoms with Crippen LogP contribution in [0.4, 0.5) is 13.2 Å². The molecule has 1 N–H and O–H groups in total. The zero-order valence-electron chi connectivity index (χ0n) is 22.5. The number of halogens is 3. The van der Waals surface area contributed by atoms with Gasteiger partial charge in [0.15, 0.2) is 0 Å². The first kappa shape index (κ1) is 28.3. The molecule has 1 aliphatic rings. The third-order valence-electron chi connectivity index (χ3n) is 6.88. The minimum Gasteiger partial charge on any atom is -0.285 e. The van der Waals surface area contributed by atoms with Crippen LogP contribution in [0.2, 0.25) is 0 Å². The highest BCUT2D eigenvalue weighted by molar-refractivity contribution is 7.15. The van der Waals surface area contributed by atoms with E-state index < -0.39 is 11.9 Å². The SMILES string of the molecule is CCCCCCc1cc(CCCCCC)c(-c2cc(C3=CC(C)=NC3)nc(-c3cc(C(F)(F)F)[nH]n3)c2)s1. The van der Waals surface area contributed by atoms with E-state index in [1.54, 1.807) is 0 Å². The van der Waals surface area contributed by atoms with Crippen LogP contribution in [0.15, 0.2) is 35.3 Å². The Bertz CT molecular complexity index is 1280. The second-order valence-electron chi connectivity index (χ2n) is 10.1. The second-order valence-corrected chi connectivity index (χ2v) is 11.2. The summed E-state index contributed by atoms with van der Waals surface area (Å²) in [4.78, 5) is 11.8. The van der Waals surface area contributed by atoms with Crippen molar-refractivity contribution in [3.8, 4) is 21.8 Å². The number of alkyl halides is 3. The van der Waals surface area contributed by atoms with E-state index >= 15 is 0 Å². The number of allylic oxidation sites excluding steroid dienone is 1. The average molecular weight is 543 g/mol. The fourth-order valence-corrected chi connectivity index (χ4v) is 6.01. The van der Waals surface area contributed by atoms with Crippen LogP contribution in [-0.2, 0) is 19.0 Å². The van der Waals surface area contributed by atoms with Gasteiger partial charge in [-0.3, -0.25) is 10.1 Å². The topological polar surface area (TPSA) is 53.9 Å². The fraction of sp³-hybridized carbons (Fsp3) is 0.500. The summed E-state index contributed by atoms with van der Waals surface area (Å²) in [6.07, 6.45) is 9.17. The standard InChI is InChI=1S/C30H37F3N4S/c1-4-6-8-10-12-21-15-24(13-11-9-7-5-2)38-29(21)22-16-25(23-14-20(3)34-19-23)35-26(17-22)27-18-28(37-36-27)30(31,32)33/h14-18H,4-13,19H2,1-3H3,(H,36,37). The van der Waals surface area contributed by atoms with Gasteiger partial charge in [-0.2, -0.15) is 18.3 Å². The molecule has 0 amide bonds. The summed E-state index contributed by atoms with van der Waals surface area (Å²) in [5.74, 6) is 0. The molecular weight excluding hydrogens is 505 g/mol. The molecule has 1 aliphatic heterocycles. The number of pyridine rings is 1. The lowest BCUT2D eigenvalue weighted by molar-refractivity contribution is -0.141. The van der Waals surface area contributed by atoms with Crippen molar-refractivity contribution >= 4 is 22.6 Å². The van der Waals surface area contributed by atoms with Crippen LogP contribution in [0.5, 0.6) is 0 Å². The molecule has 0 aromatic carbocycles. The number of hydrogen-bond acceptors (Lipinski definition) is 4. The Hall–Kier alpha value is -2.74. The number of aryl methyl sites for hydroxylation is 2. The third kappa shape index (κ3) is 7.22. The number of hydrogen-bond donors (Lipinski definition) is 1. The summed E-state index contributed by atoms with van der Waals surface area (Å²) in [6.45, 7) is 6.90.